The number of aliphatic hydroxyl groups excluding tert-OH is 1. The summed E-state index contributed by atoms with van der Waals surface area (Å²) in [6.07, 6.45) is -3.49. The number of piperazine rings is 1. The molecule has 2 aliphatic rings. The predicted molar refractivity (Wildman–Crippen MR) is 143 cm³/mol. The minimum absolute atomic E-state index is 0.0581. The van der Waals surface area contributed by atoms with Gasteiger partial charge in [-0.25, -0.2) is 0 Å². The summed E-state index contributed by atoms with van der Waals surface area (Å²) in [5.41, 5.74) is 0.242. The molecule has 2 fully saturated rings. The summed E-state index contributed by atoms with van der Waals surface area (Å²) in [6.45, 7) is 0.308. The summed E-state index contributed by atoms with van der Waals surface area (Å²) in [5, 5.41) is 19.1. The summed E-state index contributed by atoms with van der Waals surface area (Å²) in [4.78, 5) is 41.7. The van der Waals surface area contributed by atoms with E-state index in [9.17, 15) is 32.7 Å². The van der Waals surface area contributed by atoms with Gasteiger partial charge < -0.3 is 15.3 Å². The number of benzene rings is 2. The normalized spacial score (nSPS) is 19.6. The molecular weight excluding hydrogens is 571 g/mol. The number of halogens is 4. The zero-order chi connectivity index (χ0) is 28.6. The lowest BCUT2D eigenvalue weighted by Crippen LogP contribution is -2.55. The minimum atomic E-state index is -4.71. The van der Waals surface area contributed by atoms with Gasteiger partial charge in [-0.2, -0.15) is 18.3 Å². The van der Waals surface area contributed by atoms with Gasteiger partial charge in [-0.3, -0.25) is 24.4 Å². The zero-order valence-corrected chi connectivity index (χ0v) is 22.4. The quantitative estimate of drug-likeness (QED) is 0.373. The molecule has 0 spiro atoms. The number of H-pyrrole nitrogens is 1. The van der Waals surface area contributed by atoms with Crippen LogP contribution in [0.25, 0.3) is 16.5 Å². The fourth-order valence-electron chi connectivity index (χ4n) is 4.73. The van der Waals surface area contributed by atoms with Crippen molar-refractivity contribution in [2.24, 2.45) is 0 Å². The summed E-state index contributed by atoms with van der Waals surface area (Å²) in [5.74, 6) is -1.23. The molecule has 1 atom stereocenters. The van der Waals surface area contributed by atoms with E-state index in [0.29, 0.717) is 41.3 Å². The number of nitrogens with one attached hydrogen (secondary N) is 2. The summed E-state index contributed by atoms with van der Waals surface area (Å²) in [7, 11) is 0. The number of aromatic nitrogens is 2. The number of allylic oxidation sites excluding steroid dienone is 1. The van der Waals surface area contributed by atoms with E-state index in [4.69, 9.17) is 11.6 Å². The number of aromatic amines is 1. The van der Waals surface area contributed by atoms with Crippen LogP contribution in [0.5, 0.6) is 0 Å². The number of carbonyl (C=O) groups is 3. The van der Waals surface area contributed by atoms with Crippen molar-refractivity contribution in [3.05, 3.63) is 69.2 Å². The summed E-state index contributed by atoms with van der Waals surface area (Å²) in [6, 6.07) is 8.07. The van der Waals surface area contributed by atoms with E-state index < -0.39 is 35.3 Å². The van der Waals surface area contributed by atoms with Gasteiger partial charge in [0.15, 0.2) is 0 Å². The Balaban J connectivity index is 1.52. The highest BCUT2D eigenvalue weighted by atomic mass is 35.5. The number of aliphatic hydroxyl groups is 1. The number of amides is 3. The smallest absolute Gasteiger partial charge is 0.395 e. The fraction of sp³-hybridized carbons (Fsp3) is 0.308. The first-order valence-corrected chi connectivity index (χ1v) is 13.4. The van der Waals surface area contributed by atoms with Crippen molar-refractivity contribution in [3.63, 3.8) is 0 Å². The highest BCUT2D eigenvalue weighted by Gasteiger charge is 2.40. The molecule has 3 aromatic rings. The number of thioether (sulfide) groups is 1. The Hall–Kier alpha value is -3.39. The first kappa shape index (κ1) is 28.1. The zero-order valence-electron chi connectivity index (χ0n) is 20.8. The Bertz CT molecular complexity index is 1530. The van der Waals surface area contributed by atoms with E-state index in [2.05, 4.69) is 15.5 Å². The lowest BCUT2D eigenvalue weighted by atomic mass is 9.93. The van der Waals surface area contributed by atoms with Crippen molar-refractivity contribution < 1.29 is 32.7 Å². The second kappa shape index (κ2) is 11.2. The average molecular weight is 594 g/mol. The number of hydrogen-bond donors (Lipinski definition) is 3. The molecule has 3 N–H and O–H groups in total. The van der Waals surface area contributed by atoms with Gasteiger partial charge in [0.25, 0.3) is 11.1 Å². The Morgan fingerprint density at radius 3 is 2.75 bits per heavy atom. The van der Waals surface area contributed by atoms with Crippen LogP contribution in [0.15, 0.2) is 47.5 Å². The van der Waals surface area contributed by atoms with Crippen molar-refractivity contribution in [1.29, 1.82) is 0 Å². The number of nitrogens with zero attached hydrogens (tertiary/aromatic N) is 3. The average Bonchev–Trinajstić information content (AvgIpc) is 3.51. The molecule has 2 saturated heterocycles. The van der Waals surface area contributed by atoms with E-state index >= 15 is 0 Å². The second-order valence-corrected chi connectivity index (χ2v) is 10.8. The number of carbonyl (C=O) groups excluding carboxylic acids is 3. The third-order valence-electron chi connectivity index (χ3n) is 6.78. The highest BCUT2D eigenvalue weighted by molar-refractivity contribution is 8.18. The van der Waals surface area contributed by atoms with Gasteiger partial charge in [0.05, 0.1) is 28.8 Å². The summed E-state index contributed by atoms with van der Waals surface area (Å²) >= 11 is 6.45. The van der Waals surface area contributed by atoms with Crippen LogP contribution in [0.2, 0.25) is 5.02 Å². The van der Waals surface area contributed by atoms with E-state index in [1.165, 1.54) is 23.2 Å². The first-order chi connectivity index (χ1) is 19.0. The van der Waals surface area contributed by atoms with Crippen LogP contribution in [0.3, 0.4) is 0 Å². The SMILES string of the molecule is O=C(CN1C(=O)S/C(=C(/Cc2ccc(Cl)cc2C(F)(F)F)c2ccc3[nH]ncc3c2)C1=O)N1CCN[C@@H](CO)C1. The lowest BCUT2D eigenvalue weighted by Gasteiger charge is -2.33. The third kappa shape index (κ3) is 5.73. The van der Waals surface area contributed by atoms with Gasteiger partial charge in [0, 0.05) is 36.1 Å². The Morgan fingerprint density at radius 1 is 1.20 bits per heavy atom. The van der Waals surface area contributed by atoms with Crippen LogP contribution >= 0.6 is 23.4 Å². The topological polar surface area (TPSA) is 119 Å². The monoisotopic (exact) mass is 593 g/mol. The fourth-order valence-corrected chi connectivity index (χ4v) is 5.84. The van der Waals surface area contributed by atoms with Crippen molar-refractivity contribution in [2.45, 2.75) is 18.6 Å². The molecule has 210 valence electrons. The maximum atomic E-state index is 13.9. The predicted octanol–water partition coefficient (Wildman–Crippen LogP) is 3.68. The van der Waals surface area contributed by atoms with Gasteiger partial charge in [-0.05, 0) is 59.1 Å². The number of imide groups is 1. The molecule has 0 saturated carbocycles. The molecule has 3 heterocycles. The molecule has 1 aromatic heterocycles. The largest absolute Gasteiger partial charge is 0.416 e. The van der Waals surface area contributed by atoms with Crippen molar-refractivity contribution in [3.8, 4) is 0 Å². The van der Waals surface area contributed by atoms with Gasteiger partial charge in [-0.15, -0.1) is 0 Å². The van der Waals surface area contributed by atoms with Crippen LogP contribution in [0.1, 0.15) is 16.7 Å². The molecule has 5 rings (SSSR count). The highest BCUT2D eigenvalue weighted by Crippen LogP contribution is 2.41. The third-order valence-corrected chi connectivity index (χ3v) is 8.03. The molecular formula is C26H23ClF3N5O4S. The molecule has 0 bridgehead atoms. The maximum absolute atomic E-state index is 13.9. The van der Waals surface area contributed by atoms with Gasteiger partial charge in [0.2, 0.25) is 5.91 Å². The molecule has 14 heteroatoms. The van der Waals surface area contributed by atoms with Gasteiger partial charge in [-0.1, -0.05) is 23.7 Å². The molecule has 9 nitrogen and oxygen atoms in total. The molecule has 0 radical (unpaired) electrons. The van der Waals surface area contributed by atoms with E-state index in [1.807, 2.05) is 0 Å². The van der Waals surface area contributed by atoms with Crippen LogP contribution in [-0.4, -0.2) is 81.0 Å². The molecule has 2 aromatic carbocycles. The second-order valence-electron chi connectivity index (χ2n) is 9.39. The number of alkyl halides is 3. The molecule has 40 heavy (non-hydrogen) atoms. The lowest BCUT2D eigenvalue weighted by molar-refractivity contribution is -0.138. The van der Waals surface area contributed by atoms with Crippen LogP contribution in [0.4, 0.5) is 18.0 Å². The van der Waals surface area contributed by atoms with E-state index in [-0.39, 0.29) is 46.7 Å². The summed E-state index contributed by atoms with van der Waals surface area (Å²) < 4.78 is 41.7. The number of hydrogen-bond acceptors (Lipinski definition) is 7. The van der Waals surface area contributed by atoms with E-state index in [1.54, 1.807) is 18.2 Å². The van der Waals surface area contributed by atoms with Gasteiger partial charge >= 0.3 is 6.18 Å². The standard InChI is InChI=1S/C26H23ClF3N5O4S/c27-17-3-1-15(20(9-17)26(28,29)30)8-19(14-2-4-21-16(7-14)10-32-33-21)23-24(38)35(25(39)40-23)12-22(37)34-6-5-31-18(11-34)13-36/h1-4,7,9-10,18,31,36H,5-6,8,11-13H2,(H,32,33)/b23-19-/t18-/m1/s1. The number of rotatable bonds is 6. The minimum Gasteiger partial charge on any atom is -0.395 e. The Kier molecular flexibility index (Phi) is 7.91. The van der Waals surface area contributed by atoms with Crippen LogP contribution in [0, 0.1) is 0 Å². The van der Waals surface area contributed by atoms with Crippen molar-refractivity contribution >= 4 is 56.9 Å². The molecule has 2 aliphatic heterocycles. The molecule has 3 amide bonds. The van der Waals surface area contributed by atoms with Crippen LogP contribution < -0.4 is 5.32 Å². The van der Waals surface area contributed by atoms with Gasteiger partial charge in [0.1, 0.15) is 6.54 Å². The first-order valence-electron chi connectivity index (χ1n) is 12.2. The number of fused-ring (bicyclic) bond motifs is 1. The van der Waals surface area contributed by atoms with Crippen molar-refractivity contribution in [1.82, 2.24) is 25.3 Å². The van der Waals surface area contributed by atoms with E-state index in [0.717, 1.165) is 11.0 Å². The maximum Gasteiger partial charge on any atom is 0.416 e. The van der Waals surface area contributed by atoms with Crippen LogP contribution in [-0.2, 0) is 22.2 Å². The Morgan fingerprint density at radius 2 is 2.00 bits per heavy atom. The molecule has 0 aliphatic carbocycles. The van der Waals surface area contributed by atoms with Crippen molar-refractivity contribution in [2.75, 3.05) is 32.8 Å². The Labute approximate surface area is 235 Å². The molecule has 0 unspecified atom stereocenters.